The zero-order chi connectivity index (χ0) is 12.6. The maximum atomic E-state index is 5.55. The molecule has 0 saturated heterocycles. The van der Waals surface area contributed by atoms with Crippen molar-refractivity contribution in [2.24, 2.45) is 0 Å². The Morgan fingerprint density at radius 3 is 3.06 bits per heavy atom. The van der Waals surface area contributed by atoms with Gasteiger partial charge in [-0.15, -0.1) is 11.6 Å². The Hall–Kier alpha value is -1.99. The molecule has 0 atom stereocenters. The maximum Gasteiger partial charge on any atom is 0.139 e. The molecule has 0 aliphatic rings. The summed E-state index contributed by atoms with van der Waals surface area (Å²) in [5, 5.41) is 3.60. The summed E-state index contributed by atoms with van der Waals surface area (Å²) in [7, 11) is 0. The van der Waals surface area contributed by atoms with E-state index in [2.05, 4.69) is 22.0 Å². The molecular formula is C13H11ClN2O2. The van der Waals surface area contributed by atoms with Crippen molar-refractivity contribution in [1.29, 1.82) is 0 Å². The van der Waals surface area contributed by atoms with Crippen LogP contribution in [-0.4, -0.2) is 16.0 Å². The second-order valence-electron chi connectivity index (χ2n) is 3.47. The standard InChI is InChI=1S/C13H11ClN2O2/c14-4-2-1-3-11-5-13(8-15-6-11)17-9-12-7-16-18-10-12/h5-8,10H,2,4,9H2. The molecule has 2 aromatic rings. The van der Waals surface area contributed by atoms with E-state index < -0.39 is 0 Å². The van der Waals surface area contributed by atoms with Crippen LogP contribution in [0.15, 0.2) is 35.4 Å². The molecule has 5 heteroatoms. The lowest BCUT2D eigenvalue weighted by Gasteiger charge is -2.03. The van der Waals surface area contributed by atoms with Gasteiger partial charge in [0.25, 0.3) is 0 Å². The number of ether oxygens (including phenoxy) is 1. The van der Waals surface area contributed by atoms with Crippen LogP contribution >= 0.6 is 11.6 Å². The Morgan fingerprint density at radius 2 is 2.28 bits per heavy atom. The van der Waals surface area contributed by atoms with Crippen LogP contribution in [0.5, 0.6) is 5.75 Å². The molecule has 18 heavy (non-hydrogen) atoms. The molecule has 0 radical (unpaired) electrons. The number of aromatic nitrogens is 2. The van der Waals surface area contributed by atoms with Crippen molar-refractivity contribution in [1.82, 2.24) is 10.1 Å². The Bertz CT molecular complexity index is 544. The third kappa shape index (κ3) is 3.79. The van der Waals surface area contributed by atoms with Crippen molar-refractivity contribution < 1.29 is 9.26 Å². The summed E-state index contributed by atoms with van der Waals surface area (Å²) in [5.41, 5.74) is 1.68. The summed E-state index contributed by atoms with van der Waals surface area (Å²) in [6, 6.07) is 1.84. The molecule has 4 nitrogen and oxygen atoms in total. The molecule has 0 saturated carbocycles. The van der Waals surface area contributed by atoms with Gasteiger partial charge in [0.2, 0.25) is 0 Å². The number of halogens is 1. The highest BCUT2D eigenvalue weighted by Gasteiger charge is 1.99. The van der Waals surface area contributed by atoms with Crippen molar-refractivity contribution in [3.8, 4) is 17.6 Å². The van der Waals surface area contributed by atoms with Crippen LogP contribution < -0.4 is 4.74 Å². The van der Waals surface area contributed by atoms with E-state index in [4.69, 9.17) is 20.9 Å². The number of rotatable bonds is 4. The van der Waals surface area contributed by atoms with Crippen LogP contribution in [0.4, 0.5) is 0 Å². The largest absolute Gasteiger partial charge is 0.487 e. The molecule has 2 aromatic heterocycles. The van der Waals surface area contributed by atoms with Crippen LogP contribution in [0.2, 0.25) is 0 Å². The summed E-state index contributed by atoms with van der Waals surface area (Å²) in [6.45, 7) is 0.393. The molecule has 0 unspecified atom stereocenters. The first-order valence-electron chi connectivity index (χ1n) is 5.39. The topological polar surface area (TPSA) is 48.2 Å². The fraction of sp³-hybridized carbons (Fsp3) is 0.231. The highest BCUT2D eigenvalue weighted by molar-refractivity contribution is 6.18. The maximum absolute atomic E-state index is 5.55. The van der Waals surface area contributed by atoms with E-state index >= 15 is 0 Å². The second kappa shape index (κ2) is 6.67. The Morgan fingerprint density at radius 1 is 1.33 bits per heavy atom. The third-order valence-corrected chi connectivity index (χ3v) is 2.24. The zero-order valence-electron chi connectivity index (χ0n) is 9.60. The zero-order valence-corrected chi connectivity index (χ0v) is 10.4. The van der Waals surface area contributed by atoms with Crippen LogP contribution in [0.1, 0.15) is 17.5 Å². The monoisotopic (exact) mass is 262 g/mol. The van der Waals surface area contributed by atoms with Gasteiger partial charge in [0.1, 0.15) is 18.6 Å². The van der Waals surface area contributed by atoms with E-state index in [1.54, 1.807) is 18.6 Å². The van der Waals surface area contributed by atoms with Gasteiger partial charge in [-0.2, -0.15) is 0 Å². The van der Waals surface area contributed by atoms with Crippen molar-refractivity contribution >= 4 is 11.6 Å². The Balaban J connectivity index is 1.97. The third-order valence-electron chi connectivity index (χ3n) is 2.05. The summed E-state index contributed by atoms with van der Waals surface area (Å²) in [6.07, 6.45) is 7.14. The normalized spacial score (nSPS) is 9.61. The summed E-state index contributed by atoms with van der Waals surface area (Å²) in [5.74, 6) is 7.11. The van der Waals surface area contributed by atoms with Gasteiger partial charge in [-0.1, -0.05) is 17.0 Å². The molecule has 0 amide bonds. The molecule has 92 valence electrons. The molecule has 0 bridgehead atoms. The van der Waals surface area contributed by atoms with Crippen molar-refractivity contribution in [3.63, 3.8) is 0 Å². The van der Waals surface area contributed by atoms with E-state index in [1.165, 1.54) is 6.26 Å². The first-order valence-corrected chi connectivity index (χ1v) is 5.93. The minimum absolute atomic E-state index is 0.393. The van der Waals surface area contributed by atoms with Gasteiger partial charge in [-0.05, 0) is 6.07 Å². The van der Waals surface area contributed by atoms with Crippen molar-refractivity contribution in [2.75, 3.05) is 5.88 Å². The SMILES string of the molecule is ClCCC#Cc1cncc(OCc2cnoc2)c1. The number of hydrogen-bond acceptors (Lipinski definition) is 4. The van der Waals surface area contributed by atoms with Crippen LogP contribution in [0.25, 0.3) is 0 Å². The van der Waals surface area contributed by atoms with E-state index in [0.717, 1.165) is 11.1 Å². The van der Waals surface area contributed by atoms with Crippen molar-refractivity contribution in [2.45, 2.75) is 13.0 Å². The average Bonchev–Trinajstić information content (AvgIpc) is 2.90. The summed E-state index contributed by atoms with van der Waals surface area (Å²) in [4.78, 5) is 4.06. The van der Waals surface area contributed by atoms with E-state index in [1.807, 2.05) is 6.07 Å². The second-order valence-corrected chi connectivity index (χ2v) is 3.85. The van der Waals surface area contributed by atoms with Crippen LogP contribution in [0.3, 0.4) is 0 Å². The molecule has 0 spiro atoms. The minimum atomic E-state index is 0.393. The number of hydrogen-bond donors (Lipinski definition) is 0. The van der Waals surface area contributed by atoms with Gasteiger partial charge in [-0.3, -0.25) is 4.98 Å². The van der Waals surface area contributed by atoms with Crippen LogP contribution in [-0.2, 0) is 6.61 Å². The Labute approximate surface area is 110 Å². The Kier molecular flexibility index (Phi) is 4.62. The van der Waals surface area contributed by atoms with Gasteiger partial charge in [-0.25, -0.2) is 0 Å². The smallest absolute Gasteiger partial charge is 0.139 e. The average molecular weight is 263 g/mol. The van der Waals surface area contributed by atoms with Gasteiger partial charge in [0, 0.05) is 29.6 Å². The molecule has 0 aliphatic carbocycles. The lowest BCUT2D eigenvalue weighted by Crippen LogP contribution is -1.94. The summed E-state index contributed by atoms with van der Waals surface area (Å²) >= 11 is 5.55. The van der Waals surface area contributed by atoms with Gasteiger partial charge in [0.05, 0.1) is 12.4 Å². The summed E-state index contributed by atoms with van der Waals surface area (Å²) < 4.78 is 10.3. The molecular weight excluding hydrogens is 252 g/mol. The predicted molar refractivity (Wildman–Crippen MR) is 67.3 cm³/mol. The van der Waals surface area contributed by atoms with Gasteiger partial charge >= 0.3 is 0 Å². The highest BCUT2D eigenvalue weighted by atomic mass is 35.5. The molecule has 0 fully saturated rings. The first kappa shape index (κ1) is 12.5. The van der Waals surface area contributed by atoms with E-state index in [0.29, 0.717) is 24.7 Å². The van der Waals surface area contributed by atoms with E-state index in [9.17, 15) is 0 Å². The lowest BCUT2D eigenvalue weighted by atomic mass is 10.2. The van der Waals surface area contributed by atoms with Gasteiger partial charge in [0.15, 0.2) is 0 Å². The van der Waals surface area contributed by atoms with Crippen molar-refractivity contribution in [3.05, 3.63) is 42.0 Å². The number of pyridine rings is 1. The fourth-order valence-electron chi connectivity index (χ4n) is 1.24. The quantitative estimate of drug-likeness (QED) is 0.628. The first-order chi connectivity index (χ1) is 8.88. The molecule has 2 heterocycles. The molecule has 0 aromatic carbocycles. The molecule has 0 N–H and O–H groups in total. The van der Waals surface area contributed by atoms with Gasteiger partial charge < -0.3 is 9.26 Å². The number of alkyl halides is 1. The van der Waals surface area contributed by atoms with E-state index in [-0.39, 0.29) is 0 Å². The lowest BCUT2D eigenvalue weighted by molar-refractivity contribution is 0.303. The molecule has 0 aliphatic heterocycles. The highest BCUT2D eigenvalue weighted by Crippen LogP contribution is 2.12. The predicted octanol–water partition coefficient (Wildman–Crippen LogP) is 2.63. The minimum Gasteiger partial charge on any atom is -0.487 e. The number of nitrogens with zero attached hydrogens (tertiary/aromatic N) is 2. The van der Waals surface area contributed by atoms with Crippen LogP contribution in [0, 0.1) is 11.8 Å². The molecule has 2 rings (SSSR count). The fourth-order valence-corrected chi connectivity index (χ4v) is 1.34.